The lowest BCUT2D eigenvalue weighted by atomic mass is 9.71. The van der Waals surface area contributed by atoms with E-state index >= 15 is 0 Å². The Bertz CT molecular complexity index is 636. The molecule has 0 fully saturated rings. The van der Waals surface area contributed by atoms with Gasteiger partial charge in [0.05, 0.1) is 11.8 Å². The van der Waals surface area contributed by atoms with Crippen molar-refractivity contribution >= 4 is 12.8 Å². The molecule has 0 saturated carbocycles. The van der Waals surface area contributed by atoms with Gasteiger partial charge in [-0.15, -0.1) is 0 Å². The number of hydrogen-bond donors (Lipinski definition) is 4. The van der Waals surface area contributed by atoms with Gasteiger partial charge in [0.25, 0.3) is 0 Å². The highest BCUT2D eigenvalue weighted by molar-refractivity contribution is 6.54. The average Bonchev–Trinajstić information content (AvgIpc) is 2.63. The van der Waals surface area contributed by atoms with Gasteiger partial charge >= 0.3 is 7.12 Å². The molecule has 1 aromatic carbocycles. The molecule has 5 heteroatoms. The summed E-state index contributed by atoms with van der Waals surface area (Å²) >= 11 is 0. The van der Waals surface area contributed by atoms with Crippen LogP contribution in [0.15, 0.2) is 65.7 Å². The van der Waals surface area contributed by atoms with Gasteiger partial charge in [0, 0.05) is 0 Å². The zero-order chi connectivity index (χ0) is 18.8. The van der Waals surface area contributed by atoms with Gasteiger partial charge in [-0.3, -0.25) is 0 Å². The first-order valence-corrected chi connectivity index (χ1v) is 8.69. The Morgan fingerprint density at radius 1 is 1.12 bits per heavy atom. The van der Waals surface area contributed by atoms with Crippen molar-refractivity contribution in [1.82, 2.24) is 0 Å². The third kappa shape index (κ3) is 6.82. The maximum Gasteiger partial charge on any atom is 0.489 e. The van der Waals surface area contributed by atoms with E-state index in [1.54, 1.807) is 18.2 Å². The molecule has 4 nitrogen and oxygen atoms in total. The highest BCUT2D eigenvalue weighted by atomic mass is 16.4. The molecule has 4 N–H and O–H groups in total. The summed E-state index contributed by atoms with van der Waals surface area (Å²) in [6.07, 6.45) is 8.32. The minimum absolute atomic E-state index is 0.291. The van der Waals surface area contributed by atoms with Crippen molar-refractivity contribution in [1.29, 1.82) is 5.41 Å². The normalized spacial score (nSPS) is 17.4. The lowest BCUT2D eigenvalue weighted by molar-refractivity contribution is 0.173. The second kappa shape index (κ2) is 10.8. The van der Waals surface area contributed by atoms with Crippen molar-refractivity contribution in [2.45, 2.75) is 39.7 Å². The van der Waals surface area contributed by atoms with Gasteiger partial charge in [0.15, 0.2) is 0 Å². The Kier molecular flexibility index (Phi) is 9.13. The standard InChI is InChI=1S/C11H16BNO2.C9H12O/c1-3-8(2)7-9-10(12(14)15)5-4-6-11(9)13;1-2-9(10)8-6-4-3-5-7-8/h4-8,13-15H,3H2,1-2H3;3-7,9-10H,2H2,1H3/b9-7-,13-11?;. The summed E-state index contributed by atoms with van der Waals surface area (Å²) < 4.78 is 0. The van der Waals surface area contributed by atoms with Crippen LogP contribution in [0.3, 0.4) is 0 Å². The van der Waals surface area contributed by atoms with Gasteiger partial charge in [-0.2, -0.15) is 0 Å². The van der Waals surface area contributed by atoms with Crippen LogP contribution in [0.25, 0.3) is 0 Å². The summed E-state index contributed by atoms with van der Waals surface area (Å²) in [5, 5.41) is 35.4. The monoisotopic (exact) mass is 341 g/mol. The van der Waals surface area contributed by atoms with E-state index in [-0.39, 0.29) is 6.10 Å². The Morgan fingerprint density at radius 2 is 1.76 bits per heavy atom. The second-order valence-electron chi connectivity index (χ2n) is 6.07. The van der Waals surface area contributed by atoms with E-state index in [9.17, 15) is 5.11 Å². The van der Waals surface area contributed by atoms with E-state index in [0.29, 0.717) is 22.7 Å². The van der Waals surface area contributed by atoms with Gasteiger partial charge in [-0.05, 0) is 35.0 Å². The minimum atomic E-state index is -1.51. The van der Waals surface area contributed by atoms with Crippen LogP contribution < -0.4 is 0 Å². The molecule has 134 valence electrons. The Morgan fingerprint density at radius 3 is 2.28 bits per heavy atom. The van der Waals surface area contributed by atoms with Crippen LogP contribution in [0.2, 0.25) is 0 Å². The number of allylic oxidation sites excluding steroid dienone is 6. The third-order valence-electron chi connectivity index (χ3n) is 4.08. The van der Waals surface area contributed by atoms with E-state index in [0.717, 1.165) is 18.4 Å². The van der Waals surface area contributed by atoms with Gasteiger partial charge < -0.3 is 20.6 Å². The van der Waals surface area contributed by atoms with Crippen molar-refractivity contribution in [2.75, 3.05) is 0 Å². The van der Waals surface area contributed by atoms with Crippen LogP contribution in [0.4, 0.5) is 0 Å². The smallest absolute Gasteiger partial charge is 0.423 e. The zero-order valence-electron chi connectivity index (χ0n) is 15.2. The fraction of sp³-hybridized carbons (Fsp3) is 0.350. The SMILES string of the molecule is CCC(C)/C=C1\C(=N)C=CC=C1B(O)O.CCC(O)c1ccccc1. The van der Waals surface area contributed by atoms with Crippen molar-refractivity contribution < 1.29 is 15.2 Å². The molecule has 0 radical (unpaired) electrons. The summed E-state index contributed by atoms with van der Waals surface area (Å²) in [5.74, 6) is 0.328. The molecule has 1 aliphatic carbocycles. The fourth-order valence-corrected chi connectivity index (χ4v) is 2.31. The van der Waals surface area contributed by atoms with Crippen molar-refractivity contribution in [3.63, 3.8) is 0 Å². The molecule has 0 heterocycles. The molecule has 0 aliphatic heterocycles. The molecule has 2 unspecified atom stereocenters. The second-order valence-corrected chi connectivity index (χ2v) is 6.07. The molecule has 1 aliphatic rings. The van der Waals surface area contributed by atoms with Crippen LogP contribution in [0.5, 0.6) is 0 Å². The van der Waals surface area contributed by atoms with E-state index in [1.165, 1.54) is 0 Å². The van der Waals surface area contributed by atoms with Gasteiger partial charge in [0.2, 0.25) is 0 Å². The Labute approximate surface area is 150 Å². The quantitative estimate of drug-likeness (QED) is 0.617. The molecule has 0 amide bonds. The van der Waals surface area contributed by atoms with E-state index < -0.39 is 7.12 Å². The summed E-state index contributed by atoms with van der Waals surface area (Å²) in [7, 11) is -1.51. The number of aliphatic hydroxyl groups excluding tert-OH is 1. The number of hydrogen-bond acceptors (Lipinski definition) is 4. The number of aliphatic hydroxyl groups is 1. The van der Waals surface area contributed by atoms with Crippen molar-refractivity contribution in [3.8, 4) is 0 Å². The summed E-state index contributed by atoms with van der Waals surface area (Å²) in [6.45, 7) is 6.07. The molecular formula is C20H28BNO3. The summed E-state index contributed by atoms with van der Waals surface area (Å²) in [4.78, 5) is 0. The highest BCUT2D eigenvalue weighted by Crippen LogP contribution is 2.21. The molecule has 0 spiro atoms. The molecule has 1 aromatic rings. The van der Waals surface area contributed by atoms with Gasteiger partial charge in [-0.1, -0.05) is 75.8 Å². The maximum atomic E-state index is 9.33. The molecule has 0 bridgehead atoms. The van der Waals surface area contributed by atoms with Crippen LogP contribution in [0, 0.1) is 11.3 Å². The summed E-state index contributed by atoms with van der Waals surface area (Å²) in [5.41, 5.74) is 2.37. The van der Waals surface area contributed by atoms with E-state index in [2.05, 4.69) is 6.92 Å². The molecule has 2 atom stereocenters. The Hall–Kier alpha value is -1.95. The molecule has 2 rings (SSSR count). The highest BCUT2D eigenvalue weighted by Gasteiger charge is 2.22. The average molecular weight is 341 g/mol. The first-order valence-electron chi connectivity index (χ1n) is 8.69. The largest absolute Gasteiger partial charge is 0.489 e. The van der Waals surface area contributed by atoms with Crippen LogP contribution >= 0.6 is 0 Å². The summed E-state index contributed by atoms with van der Waals surface area (Å²) in [6, 6.07) is 9.70. The number of rotatable bonds is 5. The molecular weight excluding hydrogens is 313 g/mol. The minimum Gasteiger partial charge on any atom is -0.423 e. The van der Waals surface area contributed by atoms with Gasteiger partial charge in [-0.25, -0.2) is 0 Å². The molecule has 25 heavy (non-hydrogen) atoms. The Balaban J connectivity index is 0.000000271. The lowest BCUT2D eigenvalue weighted by Crippen LogP contribution is -2.22. The lowest BCUT2D eigenvalue weighted by Gasteiger charge is -2.15. The topological polar surface area (TPSA) is 84.5 Å². The van der Waals surface area contributed by atoms with Crippen molar-refractivity contribution in [3.05, 3.63) is 71.2 Å². The van der Waals surface area contributed by atoms with E-state index in [4.69, 9.17) is 15.5 Å². The van der Waals surface area contributed by atoms with E-state index in [1.807, 2.05) is 50.3 Å². The predicted molar refractivity (Wildman–Crippen MR) is 104 cm³/mol. The van der Waals surface area contributed by atoms with Crippen LogP contribution in [-0.2, 0) is 0 Å². The number of nitrogens with one attached hydrogen (secondary N) is 1. The zero-order valence-corrected chi connectivity index (χ0v) is 15.2. The first kappa shape index (κ1) is 21.1. The van der Waals surface area contributed by atoms with Gasteiger partial charge in [0.1, 0.15) is 0 Å². The van der Waals surface area contributed by atoms with Crippen LogP contribution in [0.1, 0.15) is 45.3 Å². The predicted octanol–water partition coefficient (Wildman–Crippen LogP) is 3.62. The first-order chi connectivity index (χ1) is 11.9. The van der Waals surface area contributed by atoms with Crippen LogP contribution in [-0.4, -0.2) is 28.0 Å². The number of benzene rings is 1. The maximum absolute atomic E-state index is 9.33. The fourth-order valence-electron chi connectivity index (χ4n) is 2.31. The van der Waals surface area contributed by atoms with Crippen molar-refractivity contribution in [2.24, 2.45) is 5.92 Å². The molecule has 0 saturated heterocycles. The molecule has 0 aromatic heterocycles. The third-order valence-corrected chi connectivity index (χ3v) is 4.08.